The molecule has 2 aromatic carbocycles. The minimum atomic E-state index is -0.289. The molecule has 1 saturated heterocycles. The Morgan fingerprint density at radius 3 is 2.76 bits per heavy atom. The van der Waals surface area contributed by atoms with E-state index in [1.807, 2.05) is 28.9 Å². The number of nitrogens with one attached hydrogen (secondary N) is 1. The van der Waals surface area contributed by atoms with Gasteiger partial charge in [0.05, 0.1) is 5.52 Å². The van der Waals surface area contributed by atoms with Gasteiger partial charge in [-0.3, -0.25) is 9.69 Å². The second-order valence-corrected chi connectivity index (χ2v) is 9.67. The first-order chi connectivity index (χ1) is 16.5. The van der Waals surface area contributed by atoms with Gasteiger partial charge in [-0.25, -0.2) is 4.68 Å². The summed E-state index contributed by atoms with van der Waals surface area (Å²) in [5.41, 5.74) is 5.06. The first-order valence-electron chi connectivity index (χ1n) is 12.2. The van der Waals surface area contributed by atoms with Gasteiger partial charge in [0.25, 0.3) is 5.56 Å². The molecule has 34 heavy (non-hydrogen) atoms. The van der Waals surface area contributed by atoms with E-state index in [0.717, 1.165) is 48.2 Å². The van der Waals surface area contributed by atoms with E-state index >= 15 is 0 Å². The van der Waals surface area contributed by atoms with E-state index in [0.29, 0.717) is 18.0 Å². The van der Waals surface area contributed by atoms with Crippen LogP contribution in [-0.2, 0) is 13.0 Å². The number of pyridine rings is 1. The highest BCUT2D eigenvalue weighted by Gasteiger charge is 2.32. The molecule has 0 amide bonds. The van der Waals surface area contributed by atoms with Crippen LogP contribution in [0.25, 0.3) is 10.9 Å². The molecule has 7 heteroatoms. The van der Waals surface area contributed by atoms with Crippen molar-refractivity contribution in [1.82, 2.24) is 30.1 Å². The molecule has 0 bridgehead atoms. The summed E-state index contributed by atoms with van der Waals surface area (Å²) < 4.78 is 1.88. The Labute approximate surface area is 199 Å². The van der Waals surface area contributed by atoms with Crippen LogP contribution in [0.4, 0.5) is 0 Å². The zero-order valence-electron chi connectivity index (χ0n) is 20.2. The Morgan fingerprint density at radius 2 is 1.97 bits per heavy atom. The van der Waals surface area contributed by atoms with E-state index in [1.165, 1.54) is 17.5 Å². The molecule has 2 aromatic heterocycles. The third kappa shape index (κ3) is 4.40. The molecule has 1 aliphatic heterocycles. The number of aryl methyl sites for hydroxylation is 4. The average molecular weight is 457 g/mol. The molecule has 5 rings (SSSR count). The van der Waals surface area contributed by atoms with Crippen molar-refractivity contribution >= 4 is 10.9 Å². The number of benzene rings is 2. The fourth-order valence-electron chi connectivity index (χ4n) is 5.15. The lowest BCUT2D eigenvalue weighted by atomic mass is 9.95. The van der Waals surface area contributed by atoms with Crippen molar-refractivity contribution in [2.24, 2.45) is 5.92 Å². The third-order valence-corrected chi connectivity index (χ3v) is 7.19. The van der Waals surface area contributed by atoms with Gasteiger partial charge in [-0.15, -0.1) is 5.10 Å². The van der Waals surface area contributed by atoms with Gasteiger partial charge in [0.2, 0.25) is 0 Å². The maximum absolute atomic E-state index is 13.5. The normalized spacial score (nSPS) is 17.8. The lowest BCUT2D eigenvalue weighted by molar-refractivity contribution is 0.141. The lowest BCUT2D eigenvalue weighted by Crippen LogP contribution is -2.41. The SMILES string of the molecule is Cc1ccc2cc([C@@H](c3nnnn3CCc3ccccc3)N3CCC[C@@H](C)C3)c(=O)[nH]c2c1C. The maximum Gasteiger partial charge on any atom is 0.253 e. The third-order valence-electron chi connectivity index (χ3n) is 7.19. The van der Waals surface area contributed by atoms with Crippen LogP contribution in [0.15, 0.2) is 53.3 Å². The summed E-state index contributed by atoms with van der Waals surface area (Å²) in [7, 11) is 0. The van der Waals surface area contributed by atoms with E-state index < -0.39 is 0 Å². The standard InChI is InChI=1S/C27H32N6O/c1-18-8-7-14-32(17-18)25(23-16-22-12-11-19(2)20(3)24(22)28-27(23)34)26-29-30-31-33(26)15-13-21-9-5-4-6-10-21/h4-6,9-12,16,18,25H,7-8,13-15,17H2,1-3H3,(H,28,34)/t18-,25+/m1/s1. The topological polar surface area (TPSA) is 79.7 Å². The van der Waals surface area contributed by atoms with E-state index in [9.17, 15) is 4.79 Å². The molecule has 176 valence electrons. The van der Waals surface area contributed by atoms with E-state index in [1.54, 1.807) is 0 Å². The molecule has 0 radical (unpaired) electrons. The molecule has 2 atom stereocenters. The Bertz CT molecular complexity index is 1340. The van der Waals surface area contributed by atoms with Crippen molar-refractivity contribution in [3.63, 3.8) is 0 Å². The molecule has 3 heterocycles. The summed E-state index contributed by atoms with van der Waals surface area (Å²) in [4.78, 5) is 19.1. The van der Waals surface area contributed by atoms with Crippen LogP contribution in [-0.4, -0.2) is 43.2 Å². The van der Waals surface area contributed by atoms with Crippen LogP contribution >= 0.6 is 0 Å². The number of hydrogen-bond acceptors (Lipinski definition) is 5. The highest BCUT2D eigenvalue weighted by molar-refractivity contribution is 5.83. The number of aromatic nitrogens is 5. The Hall–Kier alpha value is -3.32. The van der Waals surface area contributed by atoms with Crippen LogP contribution in [0, 0.1) is 19.8 Å². The van der Waals surface area contributed by atoms with Crippen LogP contribution in [0.1, 0.15) is 53.9 Å². The van der Waals surface area contributed by atoms with E-state index in [4.69, 9.17) is 0 Å². The van der Waals surface area contributed by atoms with Crippen LogP contribution in [0.5, 0.6) is 0 Å². The zero-order chi connectivity index (χ0) is 23.7. The smallest absolute Gasteiger partial charge is 0.253 e. The number of tetrazole rings is 1. The number of likely N-dealkylation sites (tertiary alicyclic amines) is 1. The number of hydrogen-bond donors (Lipinski definition) is 1. The maximum atomic E-state index is 13.5. The molecule has 4 aromatic rings. The zero-order valence-corrected chi connectivity index (χ0v) is 20.2. The van der Waals surface area contributed by atoms with Crippen LogP contribution in [0.2, 0.25) is 0 Å². The van der Waals surface area contributed by atoms with E-state index in [-0.39, 0.29) is 11.6 Å². The molecule has 7 nitrogen and oxygen atoms in total. The molecular weight excluding hydrogens is 424 g/mol. The van der Waals surface area contributed by atoms with Gasteiger partial charge in [0.15, 0.2) is 5.82 Å². The minimum absolute atomic E-state index is 0.0676. The Kier molecular flexibility index (Phi) is 6.28. The molecule has 1 fully saturated rings. The van der Waals surface area contributed by atoms with Gasteiger partial charge in [0, 0.05) is 18.7 Å². The Morgan fingerprint density at radius 1 is 1.15 bits per heavy atom. The number of aromatic amines is 1. The molecule has 1 aliphatic rings. The predicted molar refractivity (Wildman–Crippen MR) is 134 cm³/mol. The van der Waals surface area contributed by atoms with Gasteiger partial charge < -0.3 is 4.98 Å². The summed E-state index contributed by atoms with van der Waals surface area (Å²) in [5, 5.41) is 13.9. The van der Waals surface area contributed by atoms with Crippen LogP contribution in [0.3, 0.4) is 0 Å². The summed E-state index contributed by atoms with van der Waals surface area (Å²) in [5.74, 6) is 1.30. The Balaban J connectivity index is 1.58. The molecule has 0 spiro atoms. The predicted octanol–water partition coefficient (Wildman–Crippen LogP) is 4.20. The fraction of sp³-hybridized carbons (Fsp3) is 0.407. The number of piperidine rings is 1. The second-order valence-electron chi connectivity index (χ2n) is 9.67. The van der Waals surface area contributed by atoms with Gasteiger partial charge >= 0.3 is 0 Å². The van der Waals surface area contributed by atoms with Crippen molar-refractivity contribution in [3.8, 4) is 0 Å². The highest BCUT2D eigenvalue weighted by atomic mass is 16.1. The van der Waals surface area contributed by atoms with Crippen molar-refractivity contribution in [2.75, 3.05) is 13.1 Å². The summed E-state index contributed by atoms with van der Waals surface area (Å²) in [6.45, 7) is 8.90. The van der Waals surface area contributed by atoms with Gasteiger partial charge in [0.1, 0.15) is 6.04 Å². The average Bonchev–Trinajstić information content (AvgIpc) is 3.30. The monoisotopic (exact) mass is 456 g/mol. The van der Waals surface area contributed by atoms with Crippen LogP contribution < -0.4 is 5.56 Å². The first kappa shape index (κ1) is 22.5. The number of rotatable bonds is 6. The van der Waals surface area contributed by atoms with Crippen molar-refractivity contribution in [2.45, 2.75) is 52.6 Å². The number of fused-ring (bicyclic) bond motifs is 1. The largest absolute Gasteiger partial charge is 0.321 e. The van der Waals surface area contributed by atoms with Gasteiger partial charge in [-0.05, 0) is 84.1 Å². The molecule has 0 unspecified atom stereocenters. The quantitative estimate of drug-likeness (QED) is 0.470. The number of nitrogens with zero attached hydrogens (tertiary/aromatic N) is 5. The highest BCUT2D eigenvalue weighted by Crippen LogP contribution is 2.31. The molecule has 0 aliphatic carbocycles. The van der Waals surface area contributed by atoms with Crippen molar-refractivity contribution < 1.29 is 0 Å². The fourth-order valence-corrected chi connectivity index (χ4v) is 5.15. The number of H-pyrrole nitrogens is 1. The molecular formula is C27H32N6O. The molecule has 1 N–H and O–H groups in total. The molecule has 0 saturated carbocycles. The van der Waals surface area contributed by atoms with E-state index in [2.05, 4.69) is 70.4 Å². The van der Waals surface area contributed by atoms with Gasteiger partial charge in [-0.2, -0.15) is 0 Å². The summed E-state index contributed by atoms with van der Waals surface area (Å²) in [6, 6.07) is 16.3. The van der Waals surface area contributed by atoms with Crippen molar-refractivity contribution in [1.29, 1.82) is 0 Å². The van der Waals surface area contributed by atoms with Gasteiger partial charge in [-0.1, -0.05) is 49.4 Å². The van der Waals surface area contributed by atoms with Crippen molar-refractivity contribution in [3.05, 3.63) is 87.0 Å². The summed E-state index contributed by atoms with van der Waals surface area (Å²) >= 11 is 0. The minimum Gasteiger partial charge on any atom is -0.321 e. The lowest BCUT2D eigenvalue weighted by Gasteiger charge is -2.36. The first-order valence-corrected chi connectivity index (χ1v) is 12.2. The summed E-state index contributed by atoms with van der Waals surface area (Å²) in [6.07, 6.45) is 3.14. The second kappa shape index (κ2) is 9.50.